The van der Waals surface area contributed by atoms with Crippen LogP contribution in [0.4, 0.5) is 0 Å². The zero-order chi connectivity index (χ0) is 16.9. The molecule has 3 aromatic rings. The molecule has 0 aliphatic heterocycles. The Kier molecular flexibility index (Phi) is 6.57. The SMILES string of the molecule is CN(C)[C@H](C=O)Cc1cccc(Oc2cccc3ccccc23)c1.Cl. The molecule has 0 heterocycles. The van der Waals surface area contributed by atoms with Crippen molar-refractivity contribution in [3.05, 3.63) is 72.3 Å². The van der Waals surface area contributed by atoms with Gasteiger partial charge in [-0.05, 0) is 49.7 Å². The van der Waals surface area contributed by atoms with Crippen LogP contribution in [-0.4, -0.2) is 31.3 Å². The average Bonchev–Trinajstić information content (AvgIpc) is 2.60. The van der Waals surface area contributed by atoms with E-state index in [-0.39, 0.29) is 18.4 Å². The van der Waals surface area contributed by atoms with Crippen LogP contribution in [0.1, 0.15) is 5.56 Å². The number of hydrogen-bond acceptors (Lipinski definition) is 3. The van der Waals surface area contributed by atoms with E-state index in [2.05, 4.69) is 18.2 Å². The molecule has 0 radical (unpaired) electrons. The van der Waals surface area contributed by atoms with Gasteiger partial charge in [0.2, 0.25) is 0 Å². The van der Waals surface area contributed by atoms with Crippen LogP contribution < -0.4 is 4.74 Å². The lowest BCUT2D eigenvalue weighted by Gasteiger charge is -2.18. The highest BCUT2D eigenvalue weighted by Gasteiger charge is 2.11. The fraction of sp³-hybridized carbons (Fsp3) is 0.190. The van der Waals surface area contributed by atoms with Crippen molar-refractivity contribution in [1.29, 1.82) is 0 Å². The molecule has 3 rings (SSSR count). The first-order chi connectivity index (χ1) is 11.7. The Bertz CT molecular complexity index is 843. The highest BCUT2D eigenvalue weighted by molar-refractivity contribution is 5.88. The maximum atomic E-state index is 11.2. The molecule has 4 heteroatoms. The quantitative estimate of drug-likeness (QED) is 0.599. The van der Waals surface area contributed by atoms with Gasteiger partial charge in [-0.15, -0.1) is 12.4 Å². The summed E-state index contributed by atoms with van der Waals surface area (Å²) in [6, 6.07) is 22.0. The molecule has 25 heavy (non-hydrogen) atoms. The Morgan fingerprint density at radius 3 is 2.48 bits per heavy atom. The van der Waals surface area contributed by atoms with E-state index < -0.39 is 0 Å². The van der Waals surface area contributed by atoms with Crippen molar-refractivity contribution in [3.63, 3.8) is 0 Å². The van der Waals surface area contributed by atoms with Gasteiger partial charge in [-0.3, -0.25) is 4.90 Å². The van der Waals surface area contributed by atoms with Crippen LogP contribution in [-0.2, 0) is 11.2 Å². The second-order valence-electron chi connectivity index (χ2n) is 6.10. The molecule has 0 aliphatic rings. The largest absolute Gasteiger partial charge is 0.457 e. The average molecular weight is 356 g/mol. The number of halogens is 1. The molecule has 0 spiro atoms. The number of carbonyl (C=O) groups excluding carboxylic acids is 1. The number of hydrogen-bond donors (Lipinski definition) is 0. The summed E-state index contributed by atoms with van der Waals surface area (Å²) in [5, 5.41) is 2.24. The van der Waals surface area contributed by atoms with Gasteiger partial charge in [-0.25, -0.2) is 0 Å². The number of likely N-dealkylation sites (N-methyl/N-ethyl adjacent to an activating group) is 1. The van der Waals surface area contributed by atoms with Crippen LogP contribution in [0.3, 0.4) is 0 Å². The number of aldehydes is 1. The van der Waals surface area contributed by atoms with Crippen molar-refractivity contribution in [3.8, 4) is 11.5 Å². The molecular formula is C21H22ClNO2. The molecule has 0 bridgehead atoms. The van der Waals surface area contributed by atoms with Crippen LogP contribution >= 0.6 is 12.4 Å². The van der Waals surface area contributed by atoms with Crippen molar-refractivity contribution < 1.29 is 9.53 Å². The van der Waals surface area contributed by atoms with Crippen molar-refractivity contribution in [1.82, 2.24) is 4.90 Å². The standard InChI is InChI=1S/C21H21NO2.ClH/c1-22(2)18(15-23)13-16-7-5-10-19(14-16)24-21-12-6-9-17-8-3-4-11-20(17)21;/h3-12,14-15,18H,13H2,1-2H3;1H/t18-;/m0./s1. The lowest BCUT2D eigenvalue weighted by Crippen LogP contribution is -2.31. The lowest BCUT2D eigenvalue weighted by molar-refractivity contribution is -0.111. The number of nitrogens with zero attached hydrogens (tertiary/aromatic N) is 1. The van der Waals surface area contributed by atoms with Crippen molar-refractivity contribution in [2.75, 3.05) is 14.1 Å². The minimum absolute atomic E-state index is 0. The maximum absolute atomic E-state index is 11.2. The molecule has 0 fully saturated rings. The highest BCUT2D eigenvalue weighted by Crippen LogP contribution is 2.30. The summed E-state index contributed by atoms with van der Waals surface area (Å²) in [5.74, 6) is 1.62. The van der Waals surface area contributed by atoms with E-state index in [1.165, 1.54) is 0 Å². The lowest BCUT2D eigenvalue weighted by atomic mass is 10.1. The summed E-state index contributed by atoms with van der Waals surface area (Å²) in [6.07, 6.45) is 1.65. The summed E-state index contributed by atoms with van der Waals surface area (Å²) in [4.78, 5) is 13.1. The van der Waals surface area contributed by atoms with Gasteiger partial charge in [-0.1, -0.05) is 48.5 Å². The first-order valence-corrected chi connectivity index (χ1v) is 8.03. The van der Waals surface area contributed by atoms with E-state index >= 15 is 0 Å². The third-order valence-electron chi connectivity index (χ3n) is 4.14. The molecule has 3 aromatic carbocycles. The molecule has 0 unspecified atom stereocenters. The number of benzene rings is 3. The maximum Gasteiger partial charge on any atom is 0.137 e. The van der Waals surface area contributed by atoms with Gasteiger partial charge in [0.1, 0.15) is 17.8 Å². The second-order valence-corrected chi connectivity index (χ2v) is 6.10. The molecule has 130 valence electrons. The first-order valence-electron chi connectivity index (χ1n) is 8.03. The van der Waals surface area contributed by atoms with Gasteiger partial charge >= 0.3 is 0 Å². The van der Waals surface area contributed by atoms with Crippen molar-refractivity contribution in [2.45, 2.75) is 12.5 Å². The third kappa shape index (κ3) is 4.59. The predicted molar refractivity (Wildman–Crippen MR) is 105 cm³/mol. The fourth-order valence-electron chi connectivity index (χ4n) is 2.74. The zero-order valence-electron chi connectivity index (χ0n) is 14.4. The summed E-state index contributed by atoms with van der Waals surface area (Å²) in [7, 11) is 3.82. The molecule has 0 saturated carbocycles. The van der Waals surface area contributed by atoms with Crippen LogP contribution in [0.2, 0.25) is 0 Å². The zero-order valence-corrected chi connectivity index (χ0v) is 15.2. The van der Waals surface area contributed by atoms with E-state index in [1.807, 2.05) is 67.5 Å². The van der Waals surface area contributed by atoms with E-state index in [9.17, 15) is 4.79 Å². The smallest absolute Gasteiger partial charge is 0.137 e. The predicted octanol–water partition coefficient (Wildman–Crippen LogP) is 4.73. The molecule has 1 atom stereocenters. The Morgan fingerprint density at radius 1 is 1.00 bits per heavy atom. The second kappa shape index (κ2) is 8.65. The number of carbonyl (C=O) groups is 1. The summed E-state index contributed by atoms with van der Waals surface area (Å²) < 4.78 is 6.11. The van der Waals surface area contributed by atoms with Crippen molar-refractivity contribution >= 4 is 29.5 Å². The summed E-state index contributed by atoms with van der Waals surface area (Å²) in [5.41, 5.74) is 1.08. The molecule has 3 nitrogen and oxygen atoms in total. The van der Waals surface area contributed by atoms with Gasteiger partial charge in [0, 0.05) is 5.39 Å². The van der Waals surface area contributed by atoms with Crippen LogP contribution in [0.15, 0.2) is 66.7 Å². The molecule has 0 saturated heterocycles. The number of ether oxygens (including phenoxy) is 1. The Balaban J connectivity index is 0.00000225. The van der Waals surface area contributed by atoms with Crippen LogP contribution in [0, 0.1) is 0 Å². The van der Waals surface area contributed by atoms with Gasteiger partial charge in [0.15, 0.2) is 0 Å². The molecule has 0 aliphatic carbocycles. The van der Waals surface area contributed by atoms with Crippen LogP contribution in [0.5, 0.6) is 11.5 Å². The van der Waals surface area contributed by atoms with Crippen LogP contribution in [0.25, 0.3) is 10.8 Å². The molecule has 0 aromatic heterocycles. The Morgan fingerprint density at radius 2 is 1.72 bits per heavy atom. The van der Waals surface area contributed by atoms with Gasteiger partial charge in [0.05, 0.1) is 6.04 Å². The normalized spacial score (nSPS) is 11.8. The molecule has 0 N–H and O–H groups in total. The molecular weight excluding hydrogens is 334 g/mol. The minimum Gasteiger partial charge on any atom is -0.457 e. The van der Waals surface area contributed by atoms with E-state index in [0.29, 0.717) is 6.42 Å². The number of rotatable bonds is 6. The number of fused-ring (bicyclic) bond motifs is 1. The monoisotopic (exact) mass is 355 g/mol. The third-order valence-corrected chi connectivity index (χ3v) is 4.14. The Labute approximate surface area is 154 Å². The molecule has 0 amide bonds. The van der Waals surface area contributed by atoms with E-state index in [0.717, 1.165) is 34.1 Å². The summed E-state index contributed by atoms with van der Waals surface area (Å²) >= 11 is 0. The van der Waals surface area contributed by atoms with Gasteiger partial charge < -0.3 is 9.53 Å². The van der Waals surface area contributed by atoms with Gasteiger partial charge in [0.25, 0.3) is 0 Å². The van der Waals surface area contributed by atoms with E-state index in [4.69, 9.17) is 4.74 Å². The highest BCUT2D eigenvalue weighted by atomic mass is 35.5. The van der Waals surface area contributed by atoms with E-state index in [1.54, 1.807) is 0 Å². The Hall–Kier alpha value is -2.36. The first kappa shape index (κ1) is 19.0. The van der Waals surface area contributed by atoms with Gasteiger partial charge in [-0.2, -0.15) is 0 Å². The summed E-state index contributed by atoms with van der Waals surface area (Å²) in [6.45, 7) is 0. The fourth-order valence-corrected chi connectivity index (χ4v) is 2.74. The van der Waals surface area contributed by atoms with Crippen molar-refractivity contribution in [2.24, 2.45) is 0 Å². The minimum atomic E-state index is -0.127. The topological polar surface area (TPSA) is 29.5 Å².